The molecule has 2 nitrogen and oxygen atoms in total. The molecule has 0 unspecified atom stereocenters. The molecule has 102 valence electrons. The van der Waals surface area contributed by atoms with Crippen LogP contribution in [0.4, 0.5) is 13.2 Å². The Hall–Kier alpha value is -0.290. The fourth-order valence-electron chi connectivity index (χ4n) is 2.93. The third kappa shape index (κ3) is 3.13. The minimum absolute atomic E-state index is 0.0166. The molecule has 1 rings (SSSR count). The van der Waals surface area contributed by atoms with Crippen LogP contribution in [0.15, 0.2) is 0 Å². The number of nitrogens with two attached hydrogens (primary N) is 1. The predicted octanol–water partition coefficient (Wildman–Crippen LogP) is 2.85. The normalized spacial score (nSPS) is 31.6. The molecule has 3 N–H and O–H groups in total. The van der Waals surface area contributed by atoms with Crippen molar-refractivity contribution in [2.24, 2.45) is 17.1 Å². The van der Waals surface area contributed by atoms with E-state index in [1.54, 1.807) is 0 Å². The summed E-state index contributed by atoms with van der Waals surface area (Å²) in [5.41, 5.74) is 5.19. The lowest BCUT2D eigenvalue weighted by Gasteiger charge is -2.49. The van der Waals surface area contributed by atoms with Gasteiger partial charge in [0.1, 0.15) is 0 Å². The molecule has 1 saturated carbocycles. The zero-order valence-corrected chi connectivity index (χ0v) is 10.5. The van der Waals surface area contributed by atoms with Crippen molar-refractivity contribution >= 4 is 0 Å². The van der Waals surface area contributed by atoms with Crippen LogP contribution in [-0.2, 0) is 0 Å². The van der Waals surface area contributed by atoms with Gasteiger partial charge in [0.25, 0.3) is 0 Å². The SMILES string of the molecule is CC(C)(N)C1(CCO)CCC(C(F)(F)F)CC1. The van der Waals surface area contributed by atoms with Gasteiger partial charge in [0.2, 0.25) is 0 Å². The predicted molar refractivity (Wildman–Crippen MR) is 60.4 cm³/mol. The van der Waals surface area contributed by atoms with Gasteiger partial charge < -0.3 is 10.8 Å². The van der Waals surface area contributed by atoms with E-state index in [0.717, 1.165) is 0 Å². The molecule has 0 amide bonds. The first kappa shape index (κ1) is 14.8. The molecule has 0 heterocycles. The quantitative estimate of drug-likeness (QED) is 0.812. The molecular formula is C12H22F3NO. The van der Waals surface area contributed by atoms with Crippen LogP contribution in [-0.4, -0.2) is 23.4 Å². The summed E-state index contributed by atoms with van der Waals surface area (Å²) in [7, 11) is 0. The van der Waals surface area contributed by atoms with Crippen molar-refractivity contribution in [2.45, 2.75) is 57.7 Å². The van der Waals surface area contributed by atoms with Gasteiger partial charge in [0, 0.05) is 12.1 Å². The number of aliphatic hydroxyl groups excluding tert-OH is 1. The number of halogens is 3. The average molecular weight is 253 g/mol. The topological polar surface area (TPSA) is 46.2 Å². The number of hydrogen-bond acceptors (Lipinski definition) is 2. The summed E-state index contributed by atoms with van der Waals surface area (Å²) < 4.78 is 37.8. The Morgan fingerprint density at radius 3 is 2.00 bits per heavy atom. The molecule has 1 aliphatic rings. The molecule has 0 aromatic rings. The Morgan fingerprint density at radius 1 is 1.24 bits per heavy atom. The van der Waals surface area contributed by atoms with Gasteiger partial charge in [-0.1, -0.05) is 0 Å². The smallest absolute Gasteiger partial charge is 0.391 e. The Labute approximate surface area is 100 Å². The van der Waals surface area contributed by atoms with Gasteiger partial charge in [-0.3, -0.25) is 0 Å². The zero-order valence-electron chi connectivity index (χ0n) is 10.5. The first-order chi connectivity index (χ1) is 7.62. The summed E-state index contributed by atoms with van der Waals surface area (Å²) in [6.45, 7) is 3.67. The summed E-state index contributed by atoms with van der Waals surface area (Å²) in [6, 6.07) is 0. The van der Waals surface area contributed by atoms with Gasteiger partial charge in [0.05, 0.1) is 5.92 Å². The Morgan fingerprint density at radius 2 is 1.71 bits per heavy atom. The van der Waals surface area contributed by atoms with Crippen LogP contribution in [0, 0.1) is 11.3 Å². The molecule has 0 aromatic carbocycles. The minimum atomic E-state index is -4.09. The maximum absolute atomic E-state index is 12.6. The van der Waals surface area contributed by atoms with Gasteiger partial charge in [0.15, 0.2) is 0 Å². The van der Waals surface area contributed by atoms with E-state index in [1.807, 2.05) is 13.8 Å². The fraction of sp³-hybridized carbons (Fsp3) is 1.00. The standard InChI is InChI=1S/C12H22F3NO/c1-10(2,16)11(7-8-17)5-3-9(4-6-11)12(13,14)15/h9,17H,3-8,16H2,1-2H3. The van der Waals surface area contributed by atoms with Crippen molar-refractivity contribution < 1.29 is 18.3 Å². The summed E-state index contributed by atoms with van der Waals surface area (Å²) in [5.74, 6) is -1.20. The highest BCUT2D eigenvalue weighted by Gasteiger charge is 2.49. The van der Waals surface area contributed by atoms with E-state index >= 15 is 0 Å². The molecule has 0 saturated heterocycles. The van der Waals surface area contributed by atoms with E-state index in [-0.39, 0.29) is 24.9 Å². The maximum Gasteiger partial charge on any atom is 0.391 e. The van der Waals surface area contributed by atoms with Crippen molar-refractivity contribution in [3.05, 3.63) is 0 Å². The molecule has 5 heteroatoms. The first-order valence-electron chi connectivity index (χ1n) is 6.09. The van der Waals surface area contributed by atoms with Crippen molar-refractivity contribution in [3.63, 3.8) is 0 Å². The van der Waals surface area contributed by atoms with Gasteiger partial charge in [-0.2, -0.15) is 13.2 Å². The van der Waals surface area contributed by atoms with Crippen LogP contribution < -0.4 is 5.73 Å². The Bertz CT molecular complexity index is 249. The molecule has 1 aliphatic carbocycles. The third-order valence-electron chi connectivity index (χ3n) is 4.36. The van der Waals surface area contributed by atoms with Crippen LogP contribution in [0.5, 0.6) is 0 Å². The second kappa shape index (κ2) is 4.76. The van der Waals surface area contributed by atoms with Crippen LogP contribution in [0.2, 0.25) is 0 Å². The molecule has 17 heavy (non-hydrogen) atoms. The zero-order chi connectivity index (χ0) is 13.3. The van der Waals surface area contributed by atoms with Gasteiger partial charge in [-0.25, -0.2) is 0 Å². The monoisotopic (exact) mass is 253 g/mol. The van der Waals surface area contributed by atoms with Crippen LogP contribution in [0.1, 0.15) is 46.0 Å². The largest absolute Gasteiger partial charge is 0.396 e. The number of alkyl halides is 3. The van der Waals surface area contributed by atoms with Gasteiger partial charge in [-0.15, -0.1) is 0 Å². The highest BCUT2D eigenvalue weighted by molar-refractivity contribution is 4.99. The molecule has 0 aromatic heterocycles. The summed E-state index contributed by atoms with van der Waals surface area (Å²) >= 11 is 0. The molecule has 0 aliphatic heterocycles. The van der Waals surface area contributed by atoms with Crippen molar-refractivity contribution in [1.29, 1.82) is 0 Å². The van der Waals surface area contributed by atoms with Crippen LogP contribution in [0.25, 0.3) is 0 Å². The number of aliphatic hydroxyl groups is 1. The van der Waals surface area contributed by atoms with E-state index in [4.69, 9.17) is 10.8 Å². The highest BCUT2D eigenvalue weighted by atomic mass is 19.4. The minimum Gasteiger partial charge on any atom is -0.396 e. The first-order valence-corrected chi connectivity index (χ1v) is 6.09. The summed E-state index contributed by atoms with van der Waals surface area (Å²) in [6.07, 6.45) is -2.46. The molecule has 0 atom stereocenters. The molecule has 0 spiro atoms. The molecule has 0 radical (unpaired) electrons. The van der Waals surface area contributed by atoms with E-state index in [0.29, 0.717) is 19.3 Å². The van der Waals surface area contributed by atoms with E-state index < -0.39 is 17.6 Å². The molecule has 0 bridgehead atoms. The third-order valence-corrected chi connectivity index (χ3v) is 4.36. The second-order valence-corrected chi connectivity index (χ2v) is 5.79. The molecule has 1 fully saturated rings. The number of rotatable bonds is 3. The summed E-state index contributed by atoms with van der Waals surface area (Å²) in [5, 5.41) is 9.10. The van der Waals surface area contributed by atoms with Crippen molar-refractivity contribution in [2.75, 3.05) is 6.61 Å². The van der Waals surface area contributed by atoms with E-state index in [2.05, 4.69) is 0 Å². The van der Waals surface area contributed by atoms with Crippen molar-refractivity contribution in [3.8, 4) is 0 Å². The van der Waals surface area contributed by atoms with Gasteiger partial charge >= 0.3 is 6.18 Å². The lowest BCUT2D eigenvalue weighted by molar-refractivity contribution is -0.190. The van der Waals surface area contributed by atoms with Crippen molar-refractivity contribution in [1.82, 2.24) is 0 Å². The molecular weight excluding hydrogens is 231 g/mol. The maximum atomic E-state index is 12.6. The van der Waals surface area contributed by atoms with Crippen LogP contribution >= 0.6 is 0 Å². The second-order valence-electron chi connectivity index (χ2n) is 5.79. The average Bonchev–Trinajstić information content (AvgIpc) is 2.15. The van der Waals surface area contributed by atoms with E-state index in [1.165, 1.54) is 0 Å². The lowest BCUT2D eigenvalue weighted by atomic mass is 9.59. The fourth-order valence-corrected chi connectivity index (χ4v) is 2.93. The van der Waals surface area contributed by atoms with E-state index in [9.17, 15) is 13.2 Å². The number of hydrogen-bond donors (Lipinski definition) is 2. The Kier molecular flexibility index (Phi) is 4.14. The lowest BCUT2D eigenvalue weighted by Crippen LogP contribution is -2.53. The van der Waals surface area contributed by atoms with Gasteiger partial charge in [-0.05, 0) is 51.4 Å². The van der Waals surface area contributed by atoms with Crippen LogP contribution in [0.3, 0.4) is 0 Å². The Balaban J connectivity index is 2.75. The summed E-state index contributed by atoms with van der Waals surface area (Å²) in [4.78, 5) is 0. The highest BCUT2D eigenvalue weighted by Crippen LogP contribution is 2.50.